The van der Waals surface area contributed by atoms with Crippen LogP contribution < -0.4 is 26.0 Å². The average molecular weight is 872 g/mol. The summed E-state index contributed by atoms with van der Waals surface area (Å²) in [7, 11) is 2.34. The molecule has 63 heavy (non-hydrogen) atoms. The Morgan fingerprint density at radius 3 is 1.70 bits per heavy atom. The Kier molecular flexibility index (Phi) is 12.9. The third-order valence-corrected chi connectivity index (χ3v) is 11.6. The lowest BCUT2D eigenvalue weighted by molar-refractivity contribution is -0.139. The Hall–Kier alpha value is -6.72. The SMILES string of the molecule is COC(=O)NC(C(=O)N1C[C@@H](F)C[C@H]1C(=O)Nc1ccc2c(c1)cc1n2C(c2ccccc2)Oc2cc(NC(=O)[C@@H]3C[C@@H](F)CN3C(=O)[C@@H](NC(=O)OC)C(C)C)ccc2-1)C(C)C. The summed E-state index contributed by atoms with van der Waals surface area (Å²) in [4.78, 5) is 81.0. The van der Waals surface area contributed by atoms with Gasteiger partial charge in [-0.05, 0) is 48.2 Å². The van der Waals surface area contributed by atoms with Crippen molar-refractivity contribution in [3.8, 4) is 17.0 Å². The highest BCUT2D eigenvalue weighted by Gasteiger charge is 2.45. The number of fused-ring (bicyclic) bond motifs is 5. The summed E-state index contributed by atoms with van der Waals surface area (Å²) in [6, 6.07) is 17.5. The van der Waals surface area contributed by atoms with E-state index in [0.29, 0.717) is 22.7 Å². The molecule has 0 bridgehead atoms. The molecule has 3 aliphatic rings. The predicted octanol–water partition coefficient (Wildman–Crippen LogP) is 5.76. The van der Waals surface area contributed by atoms with Crippen molar-refractivity contribution in [3.05, 3.63) is 78.4 Å². The van der Waals surface area contributed by atoms with Crippen LogP contribution in [0.4, 0.5) is 29.7 Å². The molecule has 4 N–H and O–H groups in total. The highest BCUT2D eigenvalue weighted by molar-refractivity contribution is 6.02. The highest BCUT2D eigenvalue weighted by Crippen LogP contribution is 2.45. The average Bonchev–Trinajstić information content (AvgIpc) is 3.98. The number of amides is 6. The lowest BCUT2D eigenvalue weighted by Crippen LogP contribution is -2.54. The first kappa shape index (κ1) is 44.3. The fourth-order valence-electron chi connectivity index (χ4n) is 8.45. The number of nitrogens with zero attached hydrogens (tertiary/aromatic N) is 3. The zero-order chi connectivity index (χ0) is 45.3. The maximum Gasteiger partial charge on any atom is 0.407 e. The largest absolute Gasteiger partial charge is 0.465 e. The predicted molar refractivity (Wildman–Crippen MR) is 228 cm³/mol. The topological polar surface area (TPSA) is 190 Å². The third-order valence-electron chi connectivity index (χ3n) is 11.6. The summed E-state index contributed by atoms with van der Waals surface area (Å²) in [5, 5.41) is 11.4. The molecular weight excluding hydrogens is 821 g/mol. The number of anilines is 2. The van der Waals surface area contributed by atoms with Gasteiger partial charge in [-0.2, -0.15) is 0 Å². The summed E-state index contributed by atoms with van der Waals surface area (Å²) < 4.78 is 47.8. The molecule has 2 fully saturated rings. The molecule has 16 nitrogen and oxygen atoms in total. The highest BCUT2D eigenvalue weighted by atomic mass is 19.1. The van der Waals surface area contributed by atoms with Gasteiger partial charge in [0.2, 0.25) is 29.9 Å². The fourth-order valence-corrected chi connectivity index (χ4v) is 8.45. The van der Waals surface area contributed by atoms with Crippen molar-refractivity contribution >= 4 is 58.1 Å². The van der Waals surface area contributed by atoms with Crippen LogP contribution in [0.3, 0.4) is 0 Å². The van der Waals surface area contributed by atoms with E-state index in [2.05, 4.69) is 30.7 Å². The van der Waals surface area contributed by atoms with Gasteiger partial charge in [-0.25, -0.2) is 18.4 Å². The monoisotopic (exact) mass is 871 g/mol. The van der Waals surface area contributed by atoms with Crippen molar-refractivity contribution in [3.63, 3.8) is 0 Å². The molecule has 6 amide bonds. The second-order valence-corrected chi connectivity index (χ2v) is 16.6. The number of nitrogens with one attached hydrogen (secondary N) is 4. The molecule has 3 aromatic carbocycles. The first-order valence-corrected chi connectivity index (χ1v) is 20.8. The van der Waals surface area contributed by atoms with Crippen LogP contribution in [0.1, 0.15) is 52.3 Å². The van der Waals surface area contributed by atoms with Gasteiger partial charge in [0.1, 0.15) is 42.3 Å². The molecule has 0 radical (unpaired) electrons. The molecule has 7 atom stereocenters. The van der Waals surface area contributed by atoms with Gasteiger partial charge in [0, 0.05) is 46.8 Å². The van der Waals surface area contributed by atoms with Crippen LogP contribution in [0.25, 0.3) is 22.2 Å². The number of carbonyl (C=O) groups excluding carboxylic acids is 6. The van der Waals surface area contributed by atoms with Crippen molar-refractivity contribution in [1.29, 1.82) is 0 Å². The van der Waals surface area contributed by atoms with E-state index >= 15 is 0 Å². The van der Waals surface area contributed by atoms with E-state index < -0.39 is 78.6 Å². The smallest absolute Gasteiger partial charge is 0.407 e. The lowest BCUT2D eigenvalue weighted by atomic mass is 10.0. The standard InChI is InChI=1S/C45H51F2N7O9/c1-23(2)37(50-44(59)61-5)41(57)52-21-27(46)18-34(52)39(55)48-29-13-15-32-26(16-29)17-33-31-14-12-30(20-36(31)63-43(54(32)33)25-10-8-7-9-11-25)49-40(56)35-19-28(47)22-53(35)42(58)38(24(3)4)51-45(60)62-6/h7-17,20,23-24,27-28,34-35,37-38,43H,18-19,21-22H2,1-6H3,(H,48,55)(H,49,56)(H,50,59)(H,51,60)/t27-,28+,34-,35-,37?,38-,43?/m0/s1. The number of ether oxygens (including phenoxy) is 3. The molecule has 2 unspecified atom stereocenters. The quantitative estimate of drug-likeness (QED) is 0.145. The molecule has 7 rings (SSSR count). The number of hydrogen-bond donors (Lipinski definition) is 4. The number of halogens is 2. The Balaban J connectivity index is 1.15. The number of benzene rings is 3. The maximum absolute atomic E-state index is 14.9. The molecule has 1 aromatic heterocycles. The molecule has 2 saturated heterocycles. The molecule has 3 aliphatic heterocycles. The molecule has 0 aliphatic carbocycles. The number of likely N-dealkylation sites (tertiary alicyclic amines) is 2. The second-order valence-electron chi connectivity index (χ2n) is 16.6. The van der Waals surface area contributed by atoms with E-state index in [1.807, 2.05) is 47.0 Å². The minimum atomic E-state index is -1.45. The van der Waals surface area contributed by atoms with Crippen LogP contribution in [-0.2, 0) is 28.7 Å². The molecule has 18 heteroatoms. The second kappa shape index (κ2) is 18.3. The van der Waals surface area contributed by atoms with Crippen LogP contribution in [-0.4, -0.2) is 114 Å². The first-order chi connectivity index (χ1) is 30.1. The van der Waals surface area contributed by atoms with Gasteiger partial charge in [-0.15, -0.1) is 0 Å². The van der Waals surface area contributed by atoms with Gasteiger partial charge in [-0.3, -0.25) is 19.2 Å². The van der Waals surface area contributed by atoms with E-state index in [1.165, 1.54) is 19.1 Å². The molecule has 0 saturated carbocycles. The first-order valence-electron chi connectivity index (χ1n) is 20.8. The Labute approximate surface area is 362 Å². The Bertz CT molecular complexity index is 2410. The number of methoxy groups -OCH3 is 2. The van der Waals surface area contributed by atoms with Crippen LogP contribution in [0.15, 0.2) is 72.8 Å². The lowest BCUT2D eigenvalue weighted by Gasteiger charge is -2.31. The zero-order valence-electron chi connectivity index (χ0n) is 35.7. The van der Waals surface area contributed by atoms with E-state index in [-0.39, 0.29) is 37.8 Å². The third kappa shape index (κ3) is 9.11. The van der Waals surface area contributed by atoms with E-state index in [1.54, 1.807) is 58.0 Å². The minimum Gasteiger partial charge on any atom is -0.465 e. The summed E-state index contributed by atoms with van der Waals surface area (Å²) in [6.07, 6.45) is -5.63. The van der Waals surface area contributed by atoms with Gasteiger partial charge in [-0.1, -0.05) is 58.0 Å². The number of rotatable bonds is 11. The van der Waals surface area contributed by atoms with Crippen molar-refractivity contribution < 1.29 is 51.8 Å². The summed E-state index contributed by atoms with van der Waals surface area (Å²) in [6.45, 7) is 6.28. The fraction of sp³-hybridized carbons (Fsp3) is 0.422. The number of aromatic nitrogens is 1. The molecule has 334 valence electrons. The number of carbonyl (C=O) groups is 6. The van der Waals surface area contributed by atoms with E-state index in [4.69, 9.17) is 4.74 Å². The summed E-state index contributed by atoms with van der Waals surface area (Å²) in [5.41, 5.74) is 3.78. The normalized spacial score (nSPS) is 21.2. The van der Waals surface area contributed by atoms with Crippen LogP contribution in [0.2, 0.25) is 0 Å². The number of alkyl carbamates (subject to hydrolysis) is 2. The van der Waals surface area contributed by atoms with Crippen molar-refractivity contribution in [2.24, 2.45) is 11.8 Å². The van der Waals surface area contributed by atoms with Crippen LogP contribution in [0, 0.1) is 11.8 Å². The van der Waals surface area contributed by atoms with Gasteiger partial charge in [0.05, 0.1) is 38.5 Å². The Morgan fingerprint density at radius 2 is 1.19 bits per heavy atom. The van der Waals surface area contributed by atoms with Crippen molar-refractivity contribution in [2.75, 3.05) is 37.9 Å². The molecule has 4 aromatic rings. The summed E-state index contributed by atoms with van der Waals surface area (Å²) >= 11 is 0. The van der Waals surface area contributed by atoms with E-state index in [0.717, 1.165) is 27.1 Å². The zero-order valence-corrected chi connectivity index (χ0v) is 35.7. The Morgan fingerprint density at radius 1 is 0.683 bits per heavy atom. The van der Waals surface area contributed by atoms with Gasteiger partial charge in [0.25, 0.3) is 0 Å². The van der Waals surface area contributed by atoms with E-state index in [9.17, 15) is 37.5 Å². The van der Waals surface area contributed by atoms with Gasteiger partial charge in [0.15, 0.2) is 0 Å². The van der Waals surface area contributed by atoms with Crippen LogP contribution >= 0.6 is 0 Å². The molecule has 0 spiro atoms. The van der Waals surface area contributed by atoms with Gasteiger partial charge >= 0.3 is 12.2 Å². The maximum atomic E-state index is 14.9. The van der Waals surface area contributed by atoms with Gasteiger partial charge < -0.3 is 49.8 Å². The van der Waals surface area contributed by atoms with Crippen LogP contribution in [0.5, 0.6) is 5.75 Å². The minimum absolute atomic E-state index is 0.209. The number of hydrogen-bond acceptors (Lipinski definition) is 9. The summed E-state index contributed by atoms with van der Waals surface area (Å²) in [5.74, 6) is -2.68. The number of alkyl halides is 2. The molecule has 4 heterocycles. The van der Waals surface area contributed by atoms with Crippen molar-refractivity contribution in [2.45, 2.75) is 83.3 Å². The molecular formula is C45H51F2N7O9. The van der Waals surface area contributed by atoms with Crippen molar-refractivity contribution in [1.82, 2.24) is 25.0 Å².